The lowest BCUT2D eigenvalue weighted by Gasteiger charge is -2.25. The summed E-state index contributed by atoms with van der Waals surface area (Å²) in [4.78, 5) is 18.9. The highest BCUT2D eigenvalue weighted by Crippen LogP contribution is 2.28. The zero-order valence-corrected chi connectivity index (χ0v) is 10.6. The van der Waals surface area contributed by atoms with Crippen LogP contribution in [-0.2, 0) is 10.2 Å². The number of hydrogen-bond donors (Lipinski definition) is 1. The second-order valence-electron chi connectivity index (χ2n) is 3.65. The van der Waals surface area contributed by atoms with Gasteiger partial charge in [-0.2, -0.15) is 0 Å². The van der Waals surface area contributed by atoms with Gasteiger partial charge in [0, 0.05) is 12.4 Å². The monoisotopic (exact) mass is 292 g/mol. The van der Waals surface area contributed by atoms with E-state index in [1.165, 1.54) is 0 Å². The third-order valence-corrected chi connectivity index (χ3v) is 3.19. The maximum Gasteiger partial charge on any atom is 0.322 e. The number of carboxylic acids is 1. The van der Waals surface area contributed by atoms with Crippen LogP contribution in [0, 0.1) is 0 Å². The second-order valence-corrected chi connectivity index (χ2v) is 5.00. The molecule has 82 valence electrons. The molecule has 0 aliphatic rings. The summed E-state index contributed by atoms with van der Waals surface area (Å²) in [5, 5.41) is 7.78. The van der Waals surface area contributed by atoms with Gasteiger partial charge in [0.1, 0.15) is 11.2 Å². The third kappa shape index (κ3) is 2.66. The van der Waals surface area contributed by atoms with E-state index in [1.807, 2.05) is 0 Å². The number of carboxylic acid groups (broad SMARTS) is 1. The van der Waals surface area contributed by atoms with Crippen LogP contribution < -0.4 is 0 Å². The first kappa shape index (κ1) is 12.4. The van der Waals surface area contributed by atoms with Gasteiger partial charge in [-0.15, -0.1) is 11.6 Å². The van der Waals surface area contributed by atoms with E-state index in [0.29, 0.717) is 5.82 Å². The Morgan fingerprint density at radius 3 is 2.40 bits per heavy atom. The zero-order chi connectivity index (χ0) is 11.6. The van der Waals surface area contributed by atoms with Gasteiger partial charge < -0.3 is 5.11 Å². The number of hydrogen-bond acceptors (Lipinski definition) is 3. The fourth-order valence-electron chi connectivity index (χ4n) is 1.07. The van der Waals surface area contributed by atoms with E-state index in [0.717, 1.165) is 4.47 Å². The molecule has 4 nitrogen and oxygen atoms in total. The van der Waals surface area contributed by atoms with Crippen LogP contribution in [0.3, 0.4) is 0 Å². The first-order valence-corrected chi connectivity index (χ1v) is 5.43. The summed E-state index contributed by atoms with van der Waals surface area (Å²) in [5.41, 5.74) is -0.811. The largest absolute Gasteiger partial charge is 0.480 e. The lowest BCUT2D eigenvalue weighted by Crippen LogP contribution is -2.37. The molecule has 15 heavy (non-hydrogen) atoms. The summed E-state index contributed by atoms with van der Waals surface area (Å²) >= 11 is 8.99. The number of aromatic nitrogens is 2. The van der Waals surface area contributed by atoms with Gasteiger partial charge in [-0.3, -0.25) is 4.79 Å². The molecule has 1 N–H and O–H groups in total. The number of aliphatic carboxylic acids is 1. The Bertz CT molecular complexity index is 367. The van der Waals surface area contributed by atoms with Gasteiger partial charge in [0.25, 0.3) is 0 Å². The highest BCUT2D eigenvalue weighted by molar-refractivity contribution is 9.10. The molecule has 0 aliphatic carbocycles. The molecular formula is C9H10BrClN2O2. The third-order valence-electron chi connectivity index (χ3n) is 2.05. The van der Waals surface area contributed by atoms with Crippen LogP contribution in [0.2, 0.25) is 0 Å². The highest BCUT2D eigenvalue weighted by Gasteiger charge is 2.37. The van der Waals surface area contributed by atoms with Crippen molar-refractivity contribution >= 4 is 33.5 Å². The van der Waals surface area contributed by atoms with Gasteiger partial charge in [0.05, 0.1) is 9.89 Å². The van der Waals surface area contributed by atoms with Gasteiger partial charge in [0.15, 0.2) is 0 Å². The van der Waals surface area contributed by atoms with Gasteiger partial charge in [-0.1, -0.05) is 13.8 Å². The van der Waals surface area contributed by atoms with E-state index in [9.17, 15) is 4.79 Å². The number of rotatable bonds is 3. The van der Waals surface area contributed by atoms with Crippen molar-refractivity contribution in [2.45, 2.75) is 24.6 Å². The normalized spacial score (nSPS) is 13.6. The van der Waals surface area contributed by atoms with Crippen LogP contribution in [0.25, 0.3) is 0 Å². The Morgan fingerprint density at radius 1 is 1.53 bits per heavy atom. The average molecular weight is 294 g/mol. The molecule has 0 radical (unpaired) electrons. The minimum Gasteiger partial charge on any atom is -0.480 e. The van der Waals surface area contributed by atoms with E-state index in [4.69, 9.17) is 16.7 Å². The minimum absolute atomic E-state index is 0.410. The van der Waals surface area contributed by atoms with E-state index < -0.39 is 16.8 Å². The molecule has 0 aliphatic heterocycles. The summed E-state index contributed by atoms with van der Waals surface area (Å²) in [6, 6.07) is 0. The number of nitrogens with zero attached hydrogens (tertiary/aromatic N) is 2. The molecule has 0 bridgehead atoms. The number of carbonyl (C=O) groups is 1. The van der Waals surface area contributed by atoms with Crippen LogP contribution in [-0.4, -0.2) is 26.4 Å². The molecule has 1 aromatic heterocycles. The van der Waals surface area contributed by atoms with Crippen molar-refractivity contribution in [2.24, 2.45) is 0 Å². The van der Waals surface area contributed by atoms with Crippen molar-refractivity contribution in [1.82, 2.24) is 9.97 Å². The Balaban J connectivity index is 3.05. The Labute approximate surface area is 101 Å². The molecule has 1 aromatic rings. The van der Waals surface area contributed by atoms with E-state index in [-0.39, 0.29) is 0 Å². The number of alkyl halides is 1. The predicted octanol–water partition coefficient (Wildman–Crippen LogP) is 2.21. The average Bonchev–Trinajstić information content (AvgIpc) is 2.17. The van der Waals surface area contributed by atoms with Crippen molar-refractivity contribution in [3.8, 4) is 0 Å². The molecule has 1 heterocycles. The molecular weight excluding hydrogens is 283 g/mol. The smallest absolute Gasteiger partial charge is 0.322 e. The fourth-order valence-corrected chi connectivity index (χ4v) is 1.37. The molecule has 0 amide bonds. The van der Waals surface area contributed by atoms with Crippen LogP contribution in [0.1, 0.15) is 19.7 Å². The van der Waals surface area contributed by atoms with Gasteiger partial charge in [0.2, 0.25) is 0 Å². The van der Waals surface area contributed by atoms with Crippen LogP contribution in [0.5, 0.6) is 0 Å². The standard InChI is InChI=1S/C9H10BrClN2O2/c1-9(2,6(11)7(14)15)8-12-3-5(10)4-13-8/h3-4,6H,1-2H3,(H,14,15). The topological polar surface area (TPSA) is 63.1 Å². The lowest BCUT2D eigenvalue weighted by molar-refractivity contribution is -0.137. The summed E-state index contributed by atoms with van der Waals surface area (Å²) in [6.45, 7) is 3.39. The van der Waals surface area contributed by atoms with Crippen molar-refractivity contribution in [1.29, 1.82) is 0 Å². The molecule has 0 aromatic carbocycles. The Hall–Kier alpha value is -0.680. The quantitative estimate of drug-likeness (QED) is 0.868. The maximum absolute atomic E-state index is 10.8. The molecule has 0 saturated heterocycles. The van der Waals surface area contributed by atoms with Gasteiger partial charge >= 0.3 is 5.97 Å². The number of halogens is 2. The molecule has 1 rings (SSSR count). The maximum atomic E-state index is 10.8. The predicted molar refractivity (Wildman–Crippen MR) is 60.0 cm³/mol. The molecule has 0 spiro atoms. The minimum atomic E-state index is -1.08. The lowest BCUT2D eigenvalue weighted by atomic mass is 9.88. The summed E-state index contributed by atoms with van der Waals surface area (Å²) in [5.74, 6) is -0.665. The van der Waals surface area contributed by atoms with Crippen LogP contribution >= 0.6 is 27.5 Å². The first-order chi connectivity index (χ1) is 6.85. The van der Waals surface area contributed by atoms with Gasteiger partial charge in [-0.05, 0) is 15.9 Å². The molecule has 1 unspecified atom stereocenters. The summed E-state index contributed by atoms with van der Waals surface area (Å²) < 4.78 is 0.739. The van der Waals surface area contributed by atoms with E-state index in [2.05, 4.69) is 25.9 Å². The van der Waals surface area contributed by atoms with E-state index >= 15 is 0 Å². The van der Waals surface area contributed by atoms with Crippen molar-refractivity contribution < 1.29 is 9.90 Å². The van der Waals surface area contributed by atoms with E-state index in [1.54, 1.807) is 26.2 Å². The van der Waals surface area contributed by atoms with Crippen LogP contribution in [0.4, 0.5) is 0 Å². The first-order valence-electron chi connectivity index (χ1n) is 4.20. The highest BCUT2D eigenvalue weighted by atomic mass is 79.9. The summed E-state index contributed by atoms with van der Waals surface area (Å²) in [6.07, 6.45) is 3.13. The molecule has 1 atom stereocenters. The van der Waals surface area contributed by atoms with Crippen molar-refractivity contribution in [3.05, 3.63) is 22.7 Å². The summed E-state index contributed by atoms with van der Waals surface area (Å²) in [7, 11) is 0. The molecule has 0 fully saturated rings. The Morgan fingerprint density at radius 2 is 2.00 bits per heavy atom. The van der Waals surface area contributed by atoms with Crippen molar-refractivity contribution in [3.63, 3.8) is 0 Å². The van der Waals surface area contributed by atoms with Crippen LogP contribution in [0.15, 0.2) is 16.9 Å². The van der Waals surface area contributed by atoms with Crippen molar-refractivity contribution in [2.75, 3.05) is 0 Å². The molecule has 6 heteroatoms. The Kier molecular flexibility index (Phi) is 3.67. The second kappa shape index (κ2) is 4.45. The SMILES string of the molecule is CC(C)(c1ncc(Br)cn1)C(Cl)C(=O)O. The molecule has 0 saturated carbocycles. The zero-order valence-electron chi connectivity index (χ0n) is 8.24. The van der Waals surface area contributed by atoms with Gasteiger partial charge in [-0.25, -0.2) is 9.97 Å². The fraction of sp³-hybridized carbons (Fsp3) is 0.444.